The Morgan fingerprint density at radius 3 is 2.33 bits per heavy atom. The van der Waals surface area contributed by atoms with Crippen LogP contribution in [0.15, 0.2) is 54.6 Å². The summed E-state index contributed by atoms with van der Waals surface area (Å²) in [6.07, 6.45) is 3.38. The number of benzene rings is 2. The molecule has 1 fully saturated rings. The van der Waals surface area contributed by atoms with Gasteiger partial charge in [-0.25, -0.2) is 0 Å². The maximum absolute atomic E-state index is 13.1. The van der Waals surface area contributed by atoms with Gasteiger partial charge in [-0.2, -0.15) is 0 Å². The molecule has 0 aliphatic carbocycles. The molecular formula is C26H34N4O3. The van der Waals surface area contributed by atoms with Crippen molar-refractivity contribution in [2.45, 2.75) is 32.1 Å². The van der Waals surface area contributed by atoms with E-state index in [0.29, 0.717) is 25.4 Å². The summed E-state index contributed by atoms with van der Waals surface area (Å²) in [5.74, 6) is 0.223. The minimum absolute atomic E-state index is 0.0720. The van der Waals surface area contributed by atoms with Crippen molar-refractivity contribution in [3.05, 3.63) is 65.7 Å². The summed E-state index contributed by atoms with van der Waals surface area (Å²) in [5, 5.41) is 7.52. The molecule has 1 heterocycles. The molecule has 1 aliphatic heterocycles. The Labute approximate surface area is 196 Å². The average molecular weight is 451 g/mol. The molecule has 7 heteroatoms. The molecule has 0 atom stereocenters. The lowest BCUT2D eigenvalue weighted by Gasteiger charge is -2.34. The van der Waals surface area contributed by atoms with Crippen molar-refractivity contribution in [3.8, 4) is 0 Å². The molecule has 1 amide bonds. The fourth-order valence-electron chi connectivity index (χ4n) is 4.22. The predicted molar refractivity (Wildman–Crippen MR) is 130 cm³/mol. The highest BCUT2D eigenvalue weighted by Crippen LogP contribution is 2.26. The number of carbonyl (C=O) groups excluding carboxylic acids is 2. The summed E-state index contributed by atoms with van der Waals surface area (Å²) in [6.45, 7) is 2.77. The number of amidine groups is 1. The number of nitrogens with zero attached hydrogens (tertiary/aromatic N) is 2. The van der Waals surface area contributed by atoms with E-state index in [1.54, 1.807) is 0 Å². The van der Waals surface area contributed by atoms with Crippen LogP contribution in [0.3, 0.4) is 0 Å². The zero-order valence-electron chi connectivity index (χ0n) is 19.3. The van der Waals surface area contributed by atoms with Gasteiger partial charge in [0.2, 0.25) is 5.91 Å². The van der Waals surface area contributed by atoms with E-state index in [2.05, 4.69) is 17.0 Å². The number of hydrogen-bond acceptors (Lipinski definition) is 5. The van der Waals surface area contributed by atoms with Crippen molar-refractivity contribution in [3.63, 3.8) is 0 Å². The standard InChI is InChI=1S/C26H34N4O3/c1-33-25(32)14-18-30(17-11-20-5-3-2-4-6-20)24(31)19-21-12-15-29(16-13-21)23-9-7-22(8-10-23)26(27)28/h2-10,21H,11-19H2,1H3,(H3,27,28). The molecule has 176 valence electrons. The Morgan fingerprint density at radius 1 is 1.06 bits per heavy atom. The molecular weight excluding hydrogens is 416 g/mol. The topological polar surface area (TPSA) is 99.7 Å². The number of nitrogen functional groups attached to an aromatic ring is 1. The maximum Gasteiger partial charge on any atom is 0.307 e. The minimum atomic E-state index is -0.295. The second kappa shape index (κ2) is 12.0. The summed E-state index contributed by atoms with van der Waals surface area (Å²) < 4.78 is 4.77. The van der Waals surface area contributed by atoms with E-state index in [-0.39, 0.29) is 24.1 Å². The number of rotatable bonds is 10. The molecule has 2 aromatic carbocycles. The van der Waals surface area contributed by atoms with Gasteiger partial charge in [0.15, 0.2) is 0 Å². The SMILES string of the molecule is COC(=O)CCN(CCc1ccccc1)C(=O)CC1CCN(c2ccc(C(=N)N)cc2)CC1. The van der Waals surface area contributed by atoms with Crippen LogP contribution in [0.4, 0.5) is 5.69 Å². The average Bonchev–Trinajstić information content (AvgIpc) is 2.85. The number of hydrogen-bond donors (Lipinski definition) is 2. The Kier molecular flexibility index (Phi) is 8.87. The quantitative estimate of drug-likeness (QED) is 0.329. The molecule has 0 spiro atoms. The van der Waals surface area contributed by atoms with Gasteiger partial charge in [-0.3, -0.25) is 15.0 Å². The van der Waals surface area contributed by atoms with Crippen LogP contribution in [-0.2, 0) is 20.7 Å². The van der Waals surface area contributed by atoms with Crippen molar-refractivity contribution in [2.24, 2.45) is 11.7 Å². The van der Waals surface area contributed by atoms with Gasteiger partial charge in [0.05, 0.1) is 13.5 Å². The fourth-order valence-corrected chi connectivity index (χ4v) is 4.22. The van der Waals surface area contributed by atoms with Crippen LogP contribution < -0.4 is 10.6 Å². The number of nitrogens with two attached hydrogens (primary N) is 1. The Morgan fingerprint density at radius 2 is 1.73 bits per heavy atom. The lowest BCUT2D eigenvalue weighted by atomic mass is 9.92. The molecule has 1 saturated heterocycles. The first-order valence-corrected chi connectivity index (χ1v) is 11.5. The molecule has 0 unspecified atom stereocenters. The molecule has 0 bridgehead atoms. The number of methoxy groups -OCH3 is 1. The smallest absolute Gasteiger partial charge is 0.307 e. The van der Waals surface area contributed by atoms with Crippen molar-refractivity contribution in [1.82, 2.24) is 4.90 Å². The van der Waals surface area contributed by atoms with E-state index in [9.17, 15) is 9.59 Å². The highest BCUT2D eigenvalue weighted by molar-refractivity contribution is 5.95. The predicted octanol–water partition coefficient (Wildman–Crippen LogP) is 3.21. The zero-order valence-corrected chi connectivity index (χ0v) is 19.3. The first-order chi connectivity index (χ1) is 16.0. The summed E-state index contributed by atoms with van der Waals surface area (Å²) in [7, 11) is 1.37. The largest absolute Gasteiger partial charge is 0.469 e. The number of esters is 1. The van der Waals surface area contributed by atoms with Crippen molar-refractivity contribution in [1.29, 1.82) is 5.41 Å². The van der Waals surface area contributed by atoms with Crippen LogP contribution >= 0.6 is 0 Å². The van der Waals surface area contributed by atoms with Gasteiger partial charge in [-0.1, -0.05) is 30.3 Å². The number of carbonyl (C=O) groups is 2. The third-order valence-corrected chi connectivity index (χ3v) is 6.30. The fraction of sp³-hybridized carbons (Fsp3) is 0.423. The van der Waals surface area contributed by atoms with Crippen molar-refractivity contribution in [2.75, 3.05) is 38.2 Å². The van der Waals surface area contributed by atoms with E-state index in [0.717, 1.165) is 43.6 Å². The van der Waals surface area contributed by atoms with Gasteiger partial charge < -0.3 is 20.3 Å². The molecule has 0 radical (unpaired) electrons. The van der Waals surface area contributed by atoms with Crippen LogP contribution in [0.2, 0.25) is 0 Å². The number of amides is 1. The lowest BCUT2D eigenvalue weighted by molar-refractivity contribution is -0.141. The third kappa shape index (κ3) is 7.34. The van der Waals surface area contributed by atoms with E-state index < -0.39 is 0 Å². The van der Waals surface area contributed by atoms with Gasteiger partial charge in [-0.05, 0) is 55.0 Å². The molecule has 0 saturated carbocycles. The van der Waals surface area contributed by atoms with Gasteiger partial charge in [0.25, 0.3) is 0 Å². The van der Waals surface area contributed by atoms with Crippen LogP contribution in [0, 0.1) is 11.3 Å². The molecule has 7 nitrogen and oxygen atoms in total. The molecule has 3 N–H and O–H groups in total. The third-order valence-electron chi connectivity index (χ3n) is 6.30. The van der Waals surface area contributed by atoms with Crippen LogP contribution in [0.25, 0.3) is 0 Å². The maximum atomic E-state index is 13.1. The minimum Gasteiger partial charge on any atom is -0.469 e. The second-order valence-corrected chi connectivity index (χ2v) is 8.54. The Hall–Kier alpha value is -3.35. The number of piperidine rings is 1. The molecule has 33 heavy (non-hydrogen) atoms. The number of ether oxygens (including phenoxy) is 1. The Bertz CT molecular complexity index is 922. The summed E-state index contributed by atoms with van der Waals surface area (Å²) in [4.78, 5) is 28.9. The van der Waals surface area contributed by atoms with Gasteiger partial charge >= 0.3 is 5.97 Å². The number of anilines is 1. The van der Waals surface area contributed by atoms with E-state index in [4.69, 9.17) is 15.9 Å². The first kappa shape index (κ1) is 24.3. The van der Waals surface area contributed by atoms with Crippen LogP contribution in [0.5, 0.6) is 0 Å². The van der Waals surface area contributed by atoms with Crippen LogP contribution in [0.1, 0.15) is 36.8 Å². The monoisotopic (exact) mass is 450 g/mol. The summed E-state index contributed by atoms with van der Waals surface area (Å²) in [6, 6.07) is 17.8. The molecule has 3 rings (SSSR count). The highest BCUT2D eigenvalue weighted by atomic mass is 16.5. The summed E-state index contributed by atoms with van der Waals surface area (Å²) in [5.41, 5.74) is 8.56. The second-order valence-electron chi connectivity index (χ2n) is 8.54. The van der Waals surface area contributed by atoms with Crippen molar-refractivity contribution >= 4 is 23.4 Å². The van der Waals surface area contributed by atoms with Gasteiger partial charge in [0.1, 0.15) is 5.84 Å². The van der Waals surface area contributed by atoms with E-state index in [1.807, 2.05) is 47.4 Å². The molecule has 1 aliphatic rings. The van der Waals surface area contributed by atoms with Gasteiger partial charge in [0, 0.05) is 43.9 Å². The normalized spacial score (nSPS) is 14.0. The highest BCUT2D eigenvalue weighted by Gasteiger charge is 2.24. The summed E-state index contributed by atoms with van der Waals surface area (Å²) >= 11 is 0. The lowest BCUT2D eigenvalue weighted by Crippen LogP contribution is -2.39. The Balaban J connectivity index is 1.52. The zero-order chi connectivity index (χ0) is 23.6. The first-order valence-electron chi connectivity index (χ1n) is 11.5. The van der Waals surface area contributed by atoms with E-state index >= 15 is 0 Å². The molecule has 0 aromatic heterocycles. The van der Waals surface area contributed by atoms with Crippen LogP contribution in [-0.4, -0.2) is 55.9 Å². The van der Waals surface area contributed by atoms with Gasteiger partial charge in [-0.15, -0.1) is 0 Å². The van der Waals surface area contributed by atoms with Crippen molar-refractivity contribution < 1.29 is 14.3 Å². The van der Waals surface area contributed by atoms with E-state index in [1.165, 1.54) is 12.7 Å². The number of nitrogens with one attached hydrogen (secondary N) is 1. The molecule has 2 aromatic rings.